The first kappa shape index (κ1) is 13.5. The summed E-state index contributed by atoms with van der Waals surface area (Å²) in [5, 5.41) is 6.58. The molecule has 1 aliphatic heterocycles. The summed E-state index contributed by atoms with van der Waals surface area (Å²) in [4.78, 5) is 11.5. The third-order valence-electron chi connectivity index (χ3n) is 2.99. The highest BCUT2D eigenvalue weighted by Gasteiger charge is 2.21. The molecule has 1 aliphatic rings. The van der Waals surface area contributed by atoms with Crippen LogP contribution in [0, 0.1) is 0 Å². The Kier molecular flexibility index (Phi) is 4.71. The molecular formula is C11H19N3O3S. The second-order valence-electron chi connectivity index (χ2n) is 4.46. The minimum absolute atomic E-state index is 0.0291. The van der Waals surface area contributed by atoms with Crippen LogP contribution in [-0.2, 0) is 22.1 Å². The molecule has 102 valence electrons. The molecule has 0 amide bonds. The summed E-state index contributed by atoms with van der Waals surface area (Å²) in [5.41, 5.74) is -0.287. The molecule has 0 bridgehead atoms. The van der Waals surface area contributed by atoms with Gasteiger partial charge in [0.1, 0.15) is 0 Å². The van der Waals surface area contributed by atoms with E-state index in [0.29, 0.717) is 17.5 Å². The van der Waals surface area contributed by atoms with Gasteiger partial charge in [-0.2, -0.15) is 0 Å². The molecule has 2 unspecified atom stereocenters. The molecule has 0 saturated carbocycles. The van der Waals surface area contributed by atoms with Crippen molar-refractivity contribution in [2.24, 2.45) is 0 Å². The van der Waals surface area contributed by atoms with Gasteiger partial charge in [-0.05, 0) is 25.7 Å². The van der Waals surface area contributed by atoms with Crippen LogP contribution in [0.1, 0.15) is 32.6 Å². The zero-order chi connectivity index (χ0) is 13.0. The molecule has 1 saturated heterocycles. The summed E-state index contributed by atoms with van der Waals surface area (Å²) in [6.45, 7) is 3.25. The Morgan fingerprint density at radius 3 is 3.06 bits per heavy atom. The second kappa shape index (κ2) is 6.29. The van der Waals surface area contributed by atoms with E-state index in [2.05, 4.69) is 10.2 Å². The SMILES string of the molecule is CCCn1c(S(=O)CC2CCCCO2)n[nH]c1=O. The monoisotopic (exact) mass is 273 g/mol. The van der Waals surface area contributed by atoms with Crippen molar-refractivity contribution < 1.29 is 8.95 Å². The molecule has 1 fully saturated rings. The molecule has 1 aromatic rings. The Morgan fingerprint density at radius 2 is 2.39 bits per heavy atom. The van der Waals surface area contributed by atoms with Gasteiger partial charge in [-0.15, -0.1) is 5.10 Å². The van der Waals surface area contributed by atoms with E-state index in [0.717, 1.165) is 32.3 Å². The number of aromatic nitrogens is 3. The molecular weight excluding hydrogens is 254 g/mol. The summed E-state index contributed by atoms with van der Waals surface area (Å²) in [6.07, 6.45) is 3.97. The second-order valence-corrected chi connectivity index (χ2v) is 5.85. The first-order valence-corrected chi connectivity index (χ1v) is 7.69. The summed E-state index contributed by atoms with van der Waals surface area (Å²) >= 11 is 0. The third kappa shape index (κ3) is 3.08. The number of H-pyrrole nitrogens is 1. The van der Waals surface area contributed by atoms with E-state index in [-0.39, 0.29) is 11.8 Å². The fraction of sp³-hybridized carbons (Fsp3) is 0.818. The molecule has 7 heteroatoms. The van der Waals surface area contributed by atoms with Crippen LogP contribution in [0.5, 0.6) is 0 Å². The van der Waals surface area contributed by atoms with Crippen molar-refractivity contribution in [1.29, 1.82) is 0 Å². The van der Waals surface area contributed by atoms with Crippen molar-refractivity contribution in [3.8, 4) is 0 Å². The van der Waals surface area contributed by atoms with E-state index in [9.17, 15) is 9.00 Å². The van der Waals surface area contributed by atoms with Crippen LogP contribution >= 0.6 is 0 Å². The predicted molar refractivity (Wildman–Crippen MR) is 68.0 cm³/mol. The zero-order valence-corrected chi connectivity index (χ0v) is 11.4. The molecule has 1 N–H and O–H groups in total. The highest BCUT2D eigenvalue weighted by Crippen LogP contribution is 2.15. The minimum Gasteiger partial charge on any atom is -0.377 e. The van der Waals surface area contributed by atoms with Crippen molar-refractivity contribution in [3.05, 3.63) is 10.5 Å². The van der Waals surface area contributed by atoms with Gasteiger partial charge in [0.05, 0.1) is 22.7 Å². The lowest BCUT2D eigenvalue weighted by molar-refractivity contribution is 0.0309. The van der Waals surface area contributed by atoms with Crippen molar-refractivity contribution in [2.75, 3.05) is 12.4 Å². The number of aromatic amines is 1. The molecule has 1 aromatic heterocycles. The highest BCUT2D eigenvalue weighted by atomic mass is 32.2. The van der Waals surface area contributed by atoms with Crippen molar-refractivity contribution >= 4 is 10.8 Å². The maximum Gasteiger partial charge on any atom is 0.344 e. The average molecular weight is 273 g/mol. The number of ether oxygens (including phenoxy) is 1. The van der Waals surface area contributed by atoms with Crippen LogP contribution in [0.3, 0.4) is 0 Å². The van der Waals surface area contributed by atoms with Gasteiger partial charge in [0, 0.05) is 13.2 Å². The fourth-order valence-corrected chi connectivity index (χ4v) is 3.40. The van der Waals surface area contributed by atoms with Crippen molar-refractivity contribution in [2.45, 2.75) is 50.4 Å². The lowest BCUT2D eigenvalue weighted by Gasteiger charge is -2.21. The predicted octanol–water partition coefficient (Wildman–Crippen LogP) is 0.658. The van der Waals surface area contributed by atoms with E-state index >= 15 is 0 Å². The highest BCUT2D eigenvalue weighted by molar-refractivity contribution is 7.84. The Labute approximate surface area is 108 Å². The van der Waals surface area contributed by atoms with Crippen LogP contribution in [-0.4, -0.2) is 37.4 Å². The molecule has 6 nitrogen and oxygen atoms in total. The summed E-state index contributed by atoms with van der Waals surface area (Å²) in [7, 11) is -1.28. The molecule has 18 heavy (non-hydrogen) atoms. The first-order valence-electron chi connectivity index (χ1n) is 6.37. The molecule has 0 spiro atoms. The molecule has 2 heterocycles. The largest absolute Gasteiger partial charge is 0.377 e. The quantitative estimate of drug-likeness (QED) is 0.855. The van der Waals surface area contributed by atoms with Crippen LogP contribution in [0.25, 0.3) is 0 Å². The number of rotatable bonds is 5. The van der Waals surface area contributed by atoms with E-state index in [4.69, 9.17) is 4.74 Å². The molecule has 0 aliphatic carbocycles. The van der Waals surface area contributed by atoms with Crippen molar-refractivity contribution in [3.63, 3.8) is 0 Å². The lowest BCUT2D eigenvalue weighted by Crippen LogP contribution is -2.27. The van der Waals surface area contributed by atoms with Gasteiger partial charge in [0.15, 0.2) is 0 Å². The van der Waals surface area contributed by atoms with Gasteiger partial charge in [0.2, 0.25) is 5.16 Å². The summed E-state index contributed by atoms with van der Waals surface area (Å²) < 4.78 is 19.2. The maximum atomic E-state index is 12.2. The number of nitrogens with zero attached hydrogens (tertiary/aromatic N) is 2. The molecule has 0 radical (unpaired) electrons. The van der Waals surface area contributed by atoms with E-state index < -0.39 is 10.8 Å². The topological polar surface area (TPSA) is 77.0 Å². The Balaban J connectivity index is 2.06. The normalized spacial score (nSPS) is 21.9. The number of nitrogens with one attached hydrogen (secondary N) is 1. The third-order valence-corrected chi connectivity index (χ3v) is 4.38. The first-order chi connectivity index (χ1) is 8.72. The van der Waals surface area contributed by atoms with Gasteiger partial charge >= 0.3 is 5.69 Å². The Hall–Kier alpha value is -0.950. The van der Waals surface area contributed by atoms with E-state index in [1.165, 1.54) is 4.57 Å². The Morgan fingerprint density at radius 1 is 1.56 bits per heavy atom. The lowest BCUT2D eigenvalue weighted by atomic mass is 10.1. The summed E-state index contributed by atoms with van der Waals surface area (Å²) in [6, 6.07) is 0. The van der Waals surface area contributed by atoms with Gasteiger partial charge in [0.25, 0.3) is 0 Å². The van der Waals surface area contributed by atoms with Gasteiger partial charge in [-0.3, -0.25) is 8.78 Å². The van der Waals surface area contributed by atoms with Gasteiger partial charge in [-0.25, -0.2) is 9.89 Å². The standard InChI is InChI=1S/C11H19N3O3S/c1-2-6-14-10(15)12-13-11(14)18(16)8-9-5-3-4-7-17-9/h9H,2-8H2,1H3,(H,12,15). The number of hydrogen-bond donors (Lipinski definition) is 1. The average Bonchev–Trinajstić information content (AvgIpc) is 2.73. The van der Waals surface area contributed by atoms with Crippen LogP contribution < -0.4 is 5.69 Å². The van der Waals surface area contributed by atoms with Crippen LogP contribution in [0.4, 0.5) is 0 Å². The number of hydrogen-bond acceptors (Lipinski definition) is 4. The van der Waals surface area contributed by atoms with Crippen molar-refractivity contribution in [1.82, 2.24) is 14.8 Å². The van der Waals surface area contributed by atoms with Crippen LogP contribution in [0.15, 0.2) is 9.95 Å². The van der Waals surface area contributed by atoms with Gasteiger partial charge < -0.3 is 4.74 Å². The molecule has 2 atom stereocenters. The smallest absolute Gasteiger partial charge is 0.344 e. The minimum atomic E-state index is -1.28. The fourth-order valence-electron chi connectivity index (χ4n) is 2.08. The maximum absolute atomic E-state index is 12.2. The summed E-state index contributed by atoms with van der Waals surface area (Å²) in [5.74, 6) is 0.425. The van der Waals surface area contributed by atoms with Crippen LogP contribution in [0.2, 0.25) is 0 Å². The van der Waals surface area contributed by atoms with E-state index in [1.54, 1.807) is 0 Å². The Bertz CT molecular complexity index is 462. The zero-order valence-electron chi connectivity index (χ0n) is 10.6. The van der Waals surface area contributed by atoms with Gasteiger partial charge in [-0.1, -0.05) is 6.92 Å². The van der Waals surface area contributed by atoms with E-state index in [1.807, 2.05) is 6.92 Å². The molecule has 0 aromatic carbocycles. The molecule has 2 rings (SSSR count).